The van der Waals surface area contributed by atoms with Crippen LogP contribution >= 0.6 is 12.2 Å². The maximum Gasteiger partial charge on any atom is 0.250 e. The molecule has 134 valence electrons. The third-order valence-corrected chi connectivity index (χ3v) is 5.30. The highest BCUT2D eigenvalue weighted by atomic mass is 32.1. The van der Waals surface area contributed by atoms with Gasteiger partial charge in [0.15, 0.2) is 5.11 Å². The van der Waals surface area contributed by atoms with Crippen molar-refractivity contribution >= 4 is 29.3 Å². The molecule has 1 N–H and O–H groups in total. The molecule has 0 aliphatic carbocycles. The van der Waals surface area contributed by atoms with Crippen molar-refractivity contribution in [1.82, 2.24) is 14.8 Å². The number of nitrogens with one attached hydrogen (secondary N) is 1. The lowest BCUT2D eigenvalue weighted by Crippen LogP contribution is -2.52. The fourth-order valence-corrected chi connectivity index (χ4v) is 4.08. The minimum atomic E-state index is -0.279. The Hall–Kier alpha value is -2.67. The number of aromatic nitrogens is 1. The van der Waals surface area contributed by atoms with Gasteiger partial charge in [0.2, 0.25) is 5.91 Å². The molecule has 6 nitrogen and oxygen atoms in total. The quantitative estimate of drug-likeness (QED) is 0.648. The highest BCUT2D eigenvalue weighted by Crippen LogP contribution is 2.34. The Kier molecular flexibility index (Phi) is 4.46. The highest BCUT2D eigenvalue weighted by Gasteiger charge is 2.35. The largest absolute Gasteiger partial charge is 0.465 e. The summed E-state index contributed by atoms with van der Waals surface area (Å²) in [7, 11) is 0. The van der Waals surface area contributed by atoms with Crippen LogP contribution in [-0.4, -0.2) is 33.6 Å². The first-order chi connectivity index (χ1) is 12.6. The zero-order valence-corrected chi connectivity index (χ0v) is 14.9. The average Bonchev–Trinajstić information content (AvgIpc) is 3.14. The smallest absolute Gasteiger partial charge is 0.250 e. The summed E-state index contributed by atoms with van der Waals surface area (Å²) < 4.78 is 7.04. The van der Waals surface area contributed by atoms with Gasteiger partial charge in [-0.2, -0.15) is 0 Å². The molecule has 0 radical (unpaired) electrons. The second kappa shape index (κ2) is 6.92. The number of pyridine rings is 1. The Labute approximate surface area is 156 Å². The molecule has 2 aromatic rings. The first-order valence-corrected chi connectivity index (χ1v) is 9.02. The van der Waals surface area contributed by atoms with E-state index in [0.717, 1.165) is 18.7 Å². The molecule has 0 saturated carbocycles. The number of hydrogen-bond donors (Lipinski definition) is 1. The molecule has 1 fully saturated rings. The monoisotopic (exact) mass is 369 g/mol. The number of thiocarbonyl (C=S) groups is 1. The topological polar surface area (TPSA) is 67.5 Å². The number of furan rings is 1. The Morgan fingerprint density at radius 3 is 2.92 bits per heavy atom. The Bertz CT molecular complexity index is 916. The highest BCUT2D eigenvalue weighted by molar-refractivity contribution is 7.80. The standard InChI is InChI=1S/C19H19N3O3S/c23-17(7-6-15-3-2-8-25-15)20-19(26)21-10-13-9-14(12-21)16-4-1-5-18(24)22(16)11-13/h1-8,13-14H,9-12H2,(H,20,23,26)/b7-6+/t13-,14+/m1/s1. The molecule has 7 heteroatoms. The van der Waals surface area contributed by atoms with Crippen LogP contribution < -0.4 is 10.9 Å². The van der Waals surface area contributed by atoms with E-state index in [4.69, 9.17) is 16.6 Å². The van der Waals surface area contributed by atoms with Crippen molar-refractivity contribution in [3.8, 4) is 0 Å². The minimum absolute atomic E-state index is 0.0598. The molecular formula is C19H19N3O3S. The normalized spacial score (nSPS) is 21.5. The predicted octanol–water partition coefficient (Wildman–Crippen LogP) is 1.97. The summed E-state index contributed by atoms with van der Waals surface area (Å²) in [6.45, 7) is 2.16. The van der Waals surface area contributed by atoms with Crippen LogP contribution in [0.15, 0.2) is 51.9 Å². The predicted molar refractivity (Wildman–Crippen MR) is 102 cm³/mol. The van der Waals surface area contributed by atoms with E-state index < -0.39 is 0 Å². The first kappa shape index (κ1) is 16.8. The van der Waals surface area contributed by atoms with Gasteiger partial charge in [-0.05, 0) is 48.8 Å². The van der Waals surface area contributed by atoms with Crippen LogP contribution in [0.25, 0.3) is 6.08 Å². The summed E-state index contributed by atoms with van der Waals surface area (Å²) in [5.74, 6) is 0.944. The molecule has 0 spiro atoms. The summed E-state index contributed by atoms with van der Waals surface area (Å²) >= 11 is 5.43. The van der Waals surface area contributed by atoms with E-state index in [1.807, 2.05) is 21.6 Å². The number of fused-ring (bicyclic) bond motifs is 4. The first-order valence-electron chi connectivity index (χ1n) is 8.61. The van der Waals surface area contributed by atoms with Crippen LogP contribution in [0.5, 0.6) is 0 Å². The maximum atomic E-state index is 12.1. The number of piperidine rings is 1. The zero-order chi connectivity index (χ0) is 18.1. The average molecular weight is 369 g/mol. The summed E-state index contributed by atoms with van der Waals surface area (Å²) in [5.41, 5.74) is 1.12. The van der Waals surface area contributed by atoms with Crippen molar-refractivity contribution < 1.29 is 9.21 Å². The fraction of sp³-hybridized carbons (Fsp3) is 0.316. The molecule has 0 unspecified atom stereocenters. The molecule has 1 saturated heterocycles. The van der Waals surface area contributed by atoms with E-state index in [2.05, 4.69) is 5.32 Å². The molecule has 0 aromatic carbocycles. The molecule has 2 bridgehead atoms. The second-order valence-corrected chi connectivity index (χ2v) is 7.13. The van der Waals surface area contributed by atoms with Gasteiger partial charge in [-0.3, -0.25) is 14.9 Å². The molecule has 4 rings (SSSR count). The Balaban J connectivity index is 1.42. The molecule has 2 atom stereocenters. The number of nitrogens with zero attached hydrogens (tertiary/aromatic N) is 2. The van der Waals surface area contributed by atoms with E-state index in [0.29, 0.717) is 29.9 Å². The van der Waals surface area contributed by atoms with Crippen LogP contribution in [0, 0.1) is 5.92 Å². The van der Waals surface area contributed by atoms with E-state index in [-0.39, 0.29) is 17.4 Å². The fourth-order valence-electron chi connectivity index (χ4n) is 3.83. The van der Waals surface area contributed by atoms with E-state index in [9.17, 15) is 9.59 Å². The maximum absolute atomic E-state index is 12.1. The lowest BCUT2D eigenvalue weighted by molar-refractivity contribution is -0.115. The number of likely N-dealkylation sites (tertiary alicyclic amines) is 1. The van der Waals surface area contributed by atoms with Crippen molar-refractivity contribution in [2.45, 2.75) is 18.9 Å². The summed E-state index contributed by atoms with van der Waals surface area (Å²) in [6, 6.07) is 8.97. The van der Waals surface area contributed by atoms with Gasteiger partial charge in [0, 0.05) is 43.4 Å². The lowest BCUT2D eigenvalue weighted by Gasteiger charge is -2.43. The number of carbonyl (C=O) groups is 1. The number of carbonyl (C=O) groups excluding carboxylic acids is 1. The van der Waals surface area contributed by atoms with Crippen LogP contribution in [0.4, 0.5) is 0 Å². The molecule has 2 aromatic heterocycles. The van der Waals surface area contributed by atoms with Gasteiger partial charge in [0.25, 0.3) is 5.56 Å². The van der Waals surface area contributed by atoms with E-state index in [1.165, 1.54) is 6.08 Å². The lowest BCUT2D eigenvalue weighted by atomic mass is 9.83. The SMILES string of the molecule is O=C(/C=C/c1ccco1)NC(=S)N1C[C@H]2C[C@@H](C1)c1cccc(=O)n1C2. The van der Waals surface area contributed by atoms with Gasteiger partial charge in [-0.15, -0.1) is 0 Å². The van der Waals surface area contributed by atoms with Gasteiger partial charge in [-0.25, -0.2) is 0 Å². The minimum Gasteiger partial charge on any atom is -0.465 e. The third kappa shape index (κ3) is 3.35. The van der Waals surface area contributed by atoms with Gasteiger partial charge < -0.3 is 13.9 Å². The van der Waals surface area contributed by atoms with Gasteiger partial charge in [0.05, 0.1) is 6.26 Å². The van der Waals surface area contributed by atoms with Crippen LogP contribution in [-0.2, 0) is 11.3 Å². The second-order valence-electron chi connectivity index (χ2n) is 6.75. The van der Waals surface area contributed by atoms with Crippen molar-refractivity contribution in [2.75, 3.05) is 13.1 Å². The zero-order valence-electron chi connectivity index (χ0n) is 14.1. The molecular weight excluding hydrogens is 350 g/mol. The Morgan fingerprint density at radius 1 is 1.23 bits per heavy atom. The van der Waals surface area contributed by atoms with Crippen molar-refractivity contribution in [3.05, 3.63) is 64.5 Å². The molecule has 26 heavy (non-hydrogen) atoms. The van der Waals surface area contributed by atoms with Gasteiger partial charge in [0.1, 0.15) is 5.76 Å². The van der Waals surface area contributed by atoms with Crippen molar-refractivity contribution in [1.29, 1.82) is 0 Å². The number of rotatable bonds is 2. The Morgan fingerprint density at radius 2 is 2.12 bits per heavy atom. The number of amides is 1. The van der Waals surface area contributed by atoms with E-state index >= 15 is 0 Å². The summed E-state index contributed by atoms with van der Waals surface area (Å²) in [6.07, 6.45) is 5.61. The van der Waals surface area contributed by atoms with E-state index in [1.54, 1.807) is 30.5 Å². The van der Waals surface area contributed by atoms with Crippen LogP contribution in [0.3, 0.4) is 0 Å². The van der Waals surface area contributed by atoms with Gasteiger partial charge >= 0.3 is 0 Å². The third-order valence-electron chi connectivity index (χ3n) is 4.94. The van der Waals surface area contributed by atoms with Crippen molar-refractivity contribution in [3.63, 3.8) is 0 Å². The van der Waals surface area contributed by atoms with Crippen molar-refractivity contribution in [2.24, 2.45) is 5.92 Å². The van der Waals surface area contributed by atoms with Gasteiger partial charge in [-0.1, -0.05) is 6.07 Å². The summed E-state index contributed by atoms with van der Waals surface area (Å²) in [4.78, 5) is 26.2. The van der Waals surface area contributed by atoms with Crippen LogP contribution in [0.1, 0.15) is 23.8 Å². The van der Waals surface area contributed by atoms with Crippen LogP contribution in [0.2, 0.25) is 0 Å². The summed E-state index contributed by atoms with van der Waals surface area (Å²) in [5, 5.41) is 3.19. The molecule has 4 heterocycles. The molecule has 2 aliphatic rings. The number of hydrogen-bond acceptors (Lipinski definition) is 4. The molecule has 2 aliphatic heterocycles. The molecule has 1 amide bonds.